The fourth-order valence-electron chi connectivity index (χ4n) is 2.47. The van der Waals surface area contributed by atoms with E-state index in [0.717, 1.165) is 24.0 Å². The first-order chi connectivity index (χ1) is 8.49. The van der Waals surface area contributed by atoms with Crippen LogP contribution in [0.4, 0.5) is 0 Å². The van der Waals surface area contributed by atoms with Gasteiger partial charge in [0.25, 0.3) is 0 Å². The summed E-state index contributed by atoms with van der Waals surface area (Å²) in [6, 6.07) is 8.50. The van der Waals surface area contributed by atoms with Crippen molar-refractivity contribution in [2.45, 2.75) is 25.8 Å². The van der Waals surface area contributed by atoms with Crippen LogP contribution in [0.15, 0.2) is 28.7 Å². The van der Waals surface area contributed by atoms with Gasteiger partial charge in [-0.1, -0.05) is 40.3 Å². The maximum absolute atomic E-state index is 5.67. The highest BCUT2D eigenvalue weighted by atomic mass is 79.9. The lowest BCUT2D eigenvalue weighted by molar-refractivity contribution is 0.260. The van der Waals surface area contributed by atoms with Gasteiger partial charge >= 0.3 is 0 Å². The Hall–Kier alpha value is -0.450. The summed E-state index contributed by atoms with van der Waals surface area (Å²) in [5.74, 6) is 0. The van der Waals surface area contributed by atoms with Gasteiger partial charge in [-0.15, -0.1) is 0 Å². The second kappa shape index (κ2) is 5.68. The second-order valence-electron chi connectivity index (χ2n) is 5.44. The van der Waals surface area contributed by atoms with E-state index in [2.05, 4.69) is 52.1 Å². The molecule has 0 unspecified atom stereocenters. The predicted octanol–water partition coefficient (Wildman–Crippen LogP) is 3.34. The molecule has 0 aromatic heterocycles. The minimum Gasteiger partial charge on any atom is -0.393 e. The van der Waals surface area contributed by atoms with Crippen molar-refractivity contribution >= 4 is 33.1 Å². The average Bonchev–Trinajstić information content (AvgIpc) is 3.00. The molecule has 4 heteroatoms. The van der Waals surface area contributed by atoms with Crippen LogP contribution in [0.2, 0.25) is 0 Å². The van der Waals surface area contributed by atoms with Gasteiger partial charge in [-0.05, 0) is 43.0 Å². The van der Waals surface area contributed by atoms with Gasteiger partial charge in [0.05, 0.1) is 4.99 Å². The van der Waals surface area contributed by atoms with Gasteiger partial charge in [-0.3, -0.25) is 0 Å². The Kier molecular flexibility index (Phi) is 4.41. The van der Waals surface area contributed by atoms with Gasteiger partial charge in [0.15, 0.2) is 0 Å². The van der Waals surface area contributed by atoms with Crippen molar-refractivity contribution in [1.29, 1.82) is 0 Å². The SMILES string of the molecule is CN(Cc1ccc(Br)cc1)CC1(CC(N)=S)CC1. The molecular weight excluding hydrogens is 308 g/mol. The summed E-state index contributed by atoms with van der Waals surface area (Å²) in [6.45, 7) is 2.06. The summed E-state index contributed by atoms with van der Waals surface area (Å²) in [7, 11) is 2.17. The van der Waals surface area contributed by atoms with Gasteiger partial charge in [0.2, 0.25) is 0 Å². The molecule has 0 atom stereocenters. The Morgan fingerprint density at radius 2 is 2.00 bits per heavy atom. The molecule has 2 rings (SSSR count). The van der Waals surface area contributed by atoms with Gasteiger partial charge in [0.1, 0.15) is 0 Å². The lowest BCUT2D eigenvalue weighted by atomic mass is 10.0. The summed E-state index contributed by atoms with van der Waals surface area (Å²) in [5.41, 5.74) is 7.38. The summed E-state index contributed by atoms with van der Waals surface area (Å²) in [6.07, 6.45) is 3.41. The first-order valence-electron chi connectivity index (χ1n) is 6.20. The van der Waals surface area contributed by atoms with Crippen LogP contribution in [0.25, 0.3) is 0 Å². The molecule has 98 valence electrons. The van der Waals surface area contributed by atoms with E-state index in [-0.39, 0.29) is 0 Å². The van der Waals surface area contributed by atoms with Crippen LogP contribution in [0.1, 0.15) is 24.8 Å². The first kappa shape index (κ1) is 14.0. The predicted molar refractivity (Wildman–Crippen MR) is 83.5 cm³/mol. The molecule has 1 saturated carbocycles. The molecule has 18 heavy (non-hydrogen) atoms. The Bertz CT molecular complexity index is 426. The van der Waals surface area contributed by atoms with Crippen molar-refractivity contribution in [3.05, 3.63) is 34.3 Å². The molecule has 1 aromatic rings. The molecule has 0 heterocycles. The summed E-state index contributed by atoms with van der Waals surface area (Å²) in [5, 5.41) is 0. The van der Waals surface area contributed by atoms with E-state index >= 15 is 0 Å². The van der Waals surface area contributed by atoms with Crippen LogP contribution in [0.5, 0.6) is 0 Å². The van der Waals surface area contributed by atoms with E-state index in [0.29, 0.717) is 10.4 Å². The van der Waals surface area contributed by atoms with Crippen LogP contribution >= 0.6 is 28.1 Å². The quantitative estimate of drug-likeness (QED) is 0.813. The van der Waals surface area contributed by atoms with Crippen LogP contribution in [-0.2, 0) is 6.54 Å². The van der Waals surface area contributed by atoms with Crippen molar-refractivity contribution in [1.82, 2.24) is 4.90 Å². The number of hydrogen-bond acceptors (Lipinski definition) is 2. The molecule has 1 aliphatic rings. The number of rotatable bonds is 6. The van der Waals surface area contributed by atoms with Crippen molar-refractivity contribution in [3.8, 4) is 0 Å². The molecule has 0 bridgehead atoms. The number of nitrogens with zero attached hydrogens (tertiary/aromatic N) is 1. The smallest absolute Gasteiger partial charge is 0.0733 e. The maximum Gasteiger partial charge on any atom is 0.0733 e. The minimum absolute atomic E-state index is 0.371. The van der Waals surface area contributed by atoms with E-state index in [9.17, 15) is 0 Å². The normalized spacial score (nSPS) is 16.8. The molecule has 0 aliphatic heterocycles. The largest absolute Gasteiger partial charge is 0.393 e. The van der Waals surface area contributed by atoms with Gasteiger partial charge in [0, 0.05) is 24.0 Å². The minimum atomic E-state index is 0.371. The zero-order chi connectivity index (χ0) is 13.2. The monoisotopic (exact) mass is 326 g/mol. The Balaban J connectivity index is 1.87. The van der Waals surface area contributed by atoms with Gasteiger partial charge in [-0.2, -0.15) is 0 Å². The van der Waals surface area contributed by atoms with E-state index < -0.39 is 0 Å². The topological polar surface area (TPSA) is 29.3 Å². The number of halogens is 1. The molecule has 0 spiro atoms. The van der Waals surface area contributed by atoms with E-state index in [1.807, 2.05) is 0 Å². The third-order valence-corrected chi connectivity index (χ3v) is 4.15. The highest BCUT2D eigenvalue weighted by Crippen LogP contribution is 2.49. The number of nitrogens with two attached hydrogens (primary N) is 1. The molecule has 2 nitrogen and oxygen atoms in total. The lowest BCUT2D eigenvalue weighted by Crippen LogP contribution is -2.29. The van der Waals surface area contributed by atoms with Crippen LogP contribution < -0.4 is 5.73 Å². The fourth-order valence-corrected chi connectivity index (χ4v) is 3.04. The van der Waals surface area contributed by atoms with Crippen molar-refractivity contribution in [3.63, 3.8) is 0 Å². The molecule has 1 aliphatic carbocycles. The molecule has 0 radical (unpaired) electrons. The number of benzene rings is 1. The zero-order valence-corrected chi connectivity index (χ0v) is 13.1. The fraction of sp³-hybridized carbons (Fsp3) is 0.500. The third kappa shape index (κ3) is 4.04. The number of thiocarbonyl (C=S) groups is 1. The number of hydrogen-bond donors (Lipinski definition) is 1. The molecule has 0 saturated heterocycles. The van der Waals surface area contributed by atoms with E-state index in [1.54, 1.807) is 0 Å². The first-order valence-corrected chi connectivity index (χ1v) is 7.41. The van der Waals surface area contributed by atoms with Crippen LogP contribution in [-0.4, -0.2) is 23.5 Å². The maximum atomic E-state index is 5.67. The molecule has 0 amide bonds. The molecule has 1 fully saturated rings. The van der Waals surface area contributed by atoms with Crippen molar-refractivity contribution < 1.29 is 0 Å². The van der Waals surface area contributed by atoms with E-state index in [4.69, 9.17) is 18.0 Å². The van der Waals surface area contributed by atoms with Crippen molar-refractivity contribution in [2.75, 3.05) is 13.6 Å². The second-order valence-corrected chi connectivity index (χ2v) is 6.88. The third-order valence-electron chi connectivity index (χ3n) is 3.48. The average molecular weight is 327 g/mol. The Morgan fingerprint density at radius 3 is 2.50 bits per heavy atom. The standard InChI is InChI=1S/C14H19BrN2S/c1-17(9-11-2-4-12(15)5-3-11)10-14(6-7-14)8-13(16)18/h2-5H,6-10H2,1H3,(H2,16,18). The Labute approximate surface area is 123 Å². The molecule has 1 aromatic carbocycles. The van der Waals surface area contributed by atoms with Gasteiger partial charge in [-0.25, -0.2) is 0 Å². The van der Waals surface area contributed by atoms with Crippen LogP contribution in [0, 0.1) is 5.41 Å². The summed E-state index contributed by atoms with van der Waals surface area (Å²) >= 11 is 8.49. The molecular formula is C14H19BrN2S. The zero-order valence-electron chi connectivity index (χ0n) is 10.7. The highest BCUT2D eigenvalue weighted by Gasteiger charge is 2.43. The highest BCUT2D eigenvalue weighted by molar-refractivity contribution is 9.10. The lowest BCUT2D eigenvalue weighted by Gasteiger charge is -2.23. The van der Waals surface area contributed by atoms with Crippen molar-refractivity contribution in [2.24, 2.45) is 11.1 Å². The summed E-state index contributed by atoms with van der Waals surface area (Å²) < 4.78 is 1.13. The summed E-state index contributed by atoms with van der Waals surface area (Å²) in [4.78, 5) is 3.03. The Morgan fingerprint density at radius 1 is 1.39 bits per heavy atom. The van der Waals surface area contributed by atoms with Gasteiger partial charge < -0.3 is 10.6 Å². The van der Waals surface area contributed by atoms with E-state index in [1.165, 1.54) is 18.4 Å². The molecule has 2 N–H and O–H groups in total. The van der Waals surface area contributed by atoms with Crippen LogP contribution in [0.3, 0.4) is 0 Å².